The first-order valence-electron chi connectivity index (χ1n) is 6.14. The maximum absolute atomic E-state index is 9.53. The molecule has 0 amide bonds. The number of imidazole rings is 1. The Bertz CT molecular complexity index is 834. The lowest BCUT2D eigenvalue weighted by Crippen LogP contribution is -2.07. The Kier molecular flexibility index (Phi) is 3.62. The number of halogens is 2. The van der Waals surface area contributed by atoms with Gasteiger partial charge in [-0.05, 0) is 46.6 Å². The molecule has 3 rings (SSSR count). The Labute approximate surface area is 134 Å². The first-order chi connectivity index (χ1) is 10.1. The molecule has 3 aromatic rings. The van der Waals surface area contributed by atoms with E-state index in [-0.39, 0.29) is 5.28 Å². The van der Waals surface area contributed by atoms with E-state index in [0.29, 0.717) is 21.7 Å². The summed E-state index contributed by atoms with van der Waals surface area (Å²) in [5, 5.41) is 9.64. The highest BCUT2D eigenvalue weighted by molar-refractivity contribution is 9.10. The van der Waals surface area contributed by atoms with Gasteiger partial charge in [0.15, 0.2) is 0 Å². The maximum Gasteiger partial charge on any atom is 0.222 e. The van der Waals surface area contributed by atoms with E-state index in [4.69, 9.17) is 11.6 Å². The van der Waals surface area contributed by atoms with Crippen LogP contribution < -0.4 is 0 Å². The monoisotopic (exact) mass is 361 g/mol. The second kappa shape index (κ2) is 5.43. The molecule has 1 unspecified atom stereocenters. The van der Waals surface area contributed by atoms with Crippen LogP contribution in [-0.4, -0.2) is 19.9 Å². The average Bonchev–Trinajstić information content (AvgIpc) is 2.88. The fourth-order valence-electron chi connectivity index (χ4n) is 2.10. The molecule has 1 N–H and O–H groups in total. The van der Waals surface area contributed by atoms with Crippen molar-refractivity contribution >= 4 is 38.6 Å². The van der Waals surface area contributed by atoms with E-state index >= 15 is 0 Å². The molecule has 0 bridgehead atoms. The van der Waals surface area contributed by atoms with Gasteiger partial charge in [0.25, 0.3) is 0 Å². The predicted molar refractivity (Wildman–Crippen MR) is 83.0 cm³/mol. The van der Waals surface area contributed by atoms with Gasteiger partial charge in [0.2, 0.25) is 5.28 Å². The van der Waals surface area contributed by atoms with Gasteiger partial charge in [0.05, 0.1) is 33.0 Å². The molecule has 0 aliphatic rings. The van der Waals surface area contributed by atoms with Crippen molar-refractivity contribution in [3.63, 3.8) is 0 Å². The van der Waals surface area contributed by atoms with Crippen LogP contribution in [0.4, 0.5) is 0 Å². The van der Waals surface area contributed by atoms with E-state index in [0.717, 1.165) is 11.0 Å². The fraction of sp³-hybridized carbons (Fsp3) is 0.143. The molecule has 0 spiro atoms. The molecule has 2 heterocycles. The number of hydrogen-bond donors (Lipinski definition) is 1. The first kappa shape index (κ1) is 14.0. The van der Waals surface area contributed by atoms with E-state index in [2.05, 4.69) is 41.9 Å². The number of H-pyrrole nitrogens is 1. The van der Waals surface area contributed by atoms with Crippen LogP contribution >= 0.6 is 27.5 Å². The zero-order valence-corrected chi connectivity index (χ0v) is 13.3. The Balaban J connectivity index is 2.17. The van der Waals surface area contributed by atoms with E-state index in [1.807, 2.05) is 24.3 Å². The Morgan fingerprint density at radius 3 is 2.76 bits per heavy atom. The number of benzene rings is 1. The highest BCUT2D eigenvalue weighted by Gasteiger charge is 2.23. The standard InChI is InChI=1S/C14H9BrClN5/c1-7-11(15)12(21-14(16)18-7)8(6-17)13-19-9-4-2-3-5-10(9)20-13/h2-5,8H,1H3,(H,19,20). The smallest absolute Gasteiger partial charge is 0.222 e. The zero-order chi connectivity index (χ0) is 15.0. The van der Waals surface area contributed by atoms with Crippen LogP contribution in [0.15, 0.2) is 28.7 Å². The summed E-state index contributed by atoms with van der Waals surface area (Å²) in [5.41, 5.74) is 2.87. The molecule has 1 atom stereocenters. The highest BCUT2D eigenvalue weighted by Crippen LogP contribution is 2.30. The Morgan fingerprint density at radius 2 is 2.05 bits per heavy atom. The van der Waals surface area contributed by atoms with Crippen LogP contribution in [0.1, 0.15) is 23.1 Å². The molecular weight excluding hydrogens is 354 g/mol. The van der Waals surface area contributed by atoms with E-state index in [9.17, 15) is 5.26 Å². The number of aryl methyl sites for hydroxylation is 1. The molecule has 0 aliphatic carbocycles. The van der Waals surface area contributed by atoms with Crippen molar-refractivity contribution in [1.82, 2.24) is 19.9 Å². The SMILES string of the molecule is Cc1nc(Cl)nc(C(C#N)c2nc3ccccc3[nH]2)c1Br. The van der Waals surface area contributed by atoms with Crippen molar-refractivity contribution in [1.29, 1.82) is 5.26 Å². The van der Waals surface area contributed by atoms with Crippen molar-refractivity contribution in [2.75, 3.05) is 0 Å². The average molecular weight is 363 g/mol. The van der Waals surface area contributed by atoms with Crippen LogP contribution in [0.5, 0.6) is 0 Å². The van der Waals surface area contributed by atoms with Crippen LogP contribution in [0, 0.1) is 18.3 Å². The summed E-state index contributed by atoms with van der Waals surface area (Å²) in [5.74, 6) is -0.112. The summed E-state index contributed by atoms with van der Waals surface area (Å²) in [6.45, 7) is 1.80. The third-order valence-corrected chi connectivity index (χ3v) is 4.25. The second-order valence-corrected chi connectivity index (χ2v) is 5.61. The Hall–Kier alpha value is -1.97. The van der Waals surface area contributed by atoms with Crippen LogP contribution in [-0.2, 0) is 0 Å². The number of hydrogen-bond acceptors (Lipinski definition) is 4. The molecular formula is C14H9BrClN5. The Morgan fingerprint density at radius 1 is 1.29 bits per heavy atom. The second-order valence-electron chi connectivity index (χ2n) is 4.48. The lowest BCUT2D eigenvalue weighted by molar-refractivity contribution is 0.864. The number of para-hydroxylation sites is 2. The summed E-state index contributed by atoms with van der Waals surface area (Å²) in [6.07, 6.45) is 0. The molecule has 2 aromatic heterocycles. The molecule has 1 aromatic carbocycles. The van der Waals surface area contributed by atoms with Gasteiger partial charge in [-0.25, -0.2) is 15.0 Å². The van der Waals surface area contributed by atoms with E-state index in [1.54, 1.807) is 6.92 Å². The summed E-state index contributed by atoms with van der Waals surface area (Å²) < 4.78 is 0.666. The molecule has 5 nitrogen and oxygen atoms in total. The molecule has 0 aliphatic heterocycles. The van der Waals surface area contributed by atoms with Gasteiger partial charge in [-0.1, -0.05) is 12.1 Å². The first-order valence-corrected chi connectivity index (χ1v) is 7.31. The molecule has 0 saturated carbocycles. The topological polar surface area (TPSA) is 78.2 Å². The van der Waals surface area contributed by atoms with Gasteiger partial charge in [0, 0.05) is 0 Å². The molecule has 104 valence electrons. The molecule has 21 heavy (non-hydrogen) atoms. The summed E-state index contributed by atoms with van der Waals surface area (Å²) in [4.78, 5) is 15.8. The highest BCUT2D eigenvalue weighted by atomic mass is 79.9. The summed E-state index contributed by atoms with van der Waals surface area (Å²) >= 11 is 9.33. The van der Waals surface area contributed by atoms with Crippen molar-refractivity contribution in [2.24, 2.45) is 0 Å². The van der Waals surface area contributed by atoms with E-state index < -0.39 is 5.92 Å². The maximum atomic E-state index is 9.53. The van der Waals surface area contributed by atoms with Crippen LogP contribution in [0.3, 0.4) is 0 Å². The minimum absolute atomic E-state index is 0.113. The van der Waals surface area contributed by atoms with Gasteiger partial charge in [-0.15, -0.1) is 0 Å². The number of fused-ring (bicyclic) bond motifs is 1. The summed E-state index contributed by atoms with van der Waals surface area (Å²) in [6, 6.07) is 9.82. The van der Waals surface area contributed by atoms with Crippen LogP contribution in [0.2, 0.25) is 5.28 Å². The number of nitrogens with one attached hydrogen (secondary N) is 1. The van der Waals surface area contributed by atoms with Gasteiger partial charge >= 0.3 is 0 Å². The van der Waals surface area contributed by atoms with Gasteiger partial charge < -0.3 is 4.98 Å². The van der Waals surface area contributed by atoms with Gasteiger partial charge in [-0.3, -0.25) is 0 Å². The number of nitrogens with zero attached hydrogens (tertiary/aromatic N) is 4. The predicted octanol–water partition coefficient (Wildman–Crippen LogP) is 3.73. The fourth-order valence-corrected chi connectivity index (χ4v) is 2.72. The number of aromatic amines is 1. The lowest BCUT2D eigenvalue weighted by Gasteiger charge is -2.09. The third kappa shape index (κ3) is 2.50. The van der Waals surface area contributed by atoms with Gasteiger partial charge in [0.1, 0.15) is 11.7 Å². The van der Waals surface area contributed by atoms with Crippen LogP contribution in [0.25, 0.3) is 11.0 Å². The van der Waals surface area contributed by atoms with E-state index in [1.165, 1.54) is 0 Å². The minimum atomic E-state index is -0.647. The molecule has 0 radical (unpaired) electrons. The largest absolute Gasteiger partial charge is 0.341 e. The molecule has 0 fully saturated rings. The summed E-state index contributed by atoms with van der Waals surface area (Å²) in [7, 11) is 0. The quantitative estimate of drug-likeness (QED) is 0.705. The van der Waals surface area contributed by atoms with Crippen molar-refractivity contribution in [3.05, 3.63) is 51.2 Å². The van der Waals surface area contributed by atoms with Gasteiger partial charge in [-0.2, -0.15) is 5.26 Å². The molecule has 7 heteroatoms. The molecule has 0 saturated heterocycles. The zero-order valence-electron chi connectivity index (χ0n) is 10.9. The minimum Gasteiger partial charge on any atom is -0.341 e. The third-order valence-electron chi connectivity index (χ3n) is 3.10. The van der Waals surface area contributed by atoms with Crippen molar-refractivity contribution in [3.8, 4) is 6.07 Å². The lowest BCUT2D eigenvalue weighted by atomic mass is 10.1. The number of rotatable bonds is 2. The number of aromatic nitrogens is 4. The normalized spacial score (nSPS) is 12.3. The number of nitriles is 1. The van der Waals surface area contributed by atoms with Crippen molar-refractivity contribution in [2.45, 2.75) is 12.8 Å². The van der Waals surface area contributed by atoms with Crippen molar-refractivity contribution < 1.29 is 0 Å².